The van der Waals surface area contributed by atoms with Gasteiger partial charge in [-0.05, 0) is 25.1 Å². The van der Waals surface area contributed by atoms with Gasteiger partial charge in [-0.1, -0.05) is 0 Å². The number of methoxy groups -OCH3 is 2. The minimum absolute atomic E-state index is 0. The van der Waals surface area contributed by atoms with Crippen molar-refractivity contribution in [2.24, 2.45) is 0 Å². The quantitative estimate of drug-likeness (QED) is 0.596. The summed E-state index contributed by atoms with van der Waals surface area (Å²) in [5.41, 5.74) is 3.11. The molecule has 1 saturated heterocycles. The van der Waals surface area contributed by atoms with E-state index >= 15 is 0 Å². The molecule has 1 fully saturated rings. The molecule has 0 spiro atoms. The number of ether oxygens (including phenoxy) is 2. The predicted octanol–water partition coefficient (Wildman–Crippen LogP) is 3.54. The molecule has 2 aromatic heterocycles. The van der Waals surface area contributed by atoms with Crippen molar-refractivity contribution in [2.45, 2.75) is 13.5 Å². The first kappa shape index (κ1) is 21.3. The Morgan fingerprint density at radius 2 is 1.81 bits per heavy atom. The van der Waals surface area contributed by atoms with Crippen LogP contribution in [0, 0.1) is 6.92 Å². The Labute approximate surface area is 188 Å². The molecule has 0 aliphatic carbocycles. The molecule has 8 nitrogen and oxygen atoms in total. The molecule has 0 unspecified atom stereocenters. The highest BCUT2D eigenvalue weighted by Gasteiger charge is 2.20. The molecule has 1 aliphatic heterocycles. The summed E-state index contributed by atoms with van der Waals surface area (Å²) in [4.78, 5) is 18.6. The van der Waals surface area contributed by atoms with E-state index < -0.39 is 0 Å². The molecule has 0 atom stereocenters. The average molecular weight is 443 g/mol. The van der Waals surface area contributed by atoms with Gasteiger partial charge in [0.15, 0.2) is 11.5 Å². The molecule has 0 saturated carbocycles. The molecular formula is C22H30N6O2S. The van der Waals surface area contributed by atoms with Crippen LogP contribution in [0.4, 0.5) is 11.8 Å². The first-order chi connectivity index (χ1) is 15.1. The summed E-state index contributed by atoms with van der Waals surface area (Å²) in [5, 5.41) is 6.17. The Bertz CT molecular complexity index is 1040. The second-order valence-electron chi connectivity index (χ2n) is 7.42. The van der Waals surface area contributed by atoms with Crippen LogP contribution >= 0.6 is 11.3 Å². The summed E-state index contributed by atoms with van der Waals surface area (Å²) in [6, 6.07) is 7.96. The fourth-order valence-corrected chi connectivity index (χ4v) is 4.48. The zero-order valence-electron chi connectivity index (χ0n) is 18.4. The van der Waals surface area contributed by atoms with Crippen molar-refractivity contribution in [1.82, 2.24) is 19.9 Å². The van der Waals surface area contributed by atoms with Crippen molar-refractivity contribution in [3.05, 3.63) is 41.0 Å². The Balaban J connectivity index is 0.00000289. The molecule has 1 aromatic carbocycles. The minimum Gasteiger partial charge on any atom is -0.493 e. The molecule has 4 rings (SSSR count). The van der Waals surface area contributed by atoms with Crippen molar-refractivity contribution in [1.29, 1.82) is 0 Å². The SMILES string of the molecule is CNc1nc(C)cc(N2CCN(Cc3csc(-c4ccc(OC)c(OC)c4)n3)CC2)n1.[HH]. The van der Waals surface area contributed by atoms with E-state index in [0.29, 0.717) is 11.7 Å². The fraction of sp³-hybridized carbons (Fsp3) is 0.409. The van der Waals surface area contributed by atoms with Gasteiger partial charge < -0.3 is 19.7 Å². The van der Waals surface area contributed by atoms with Crippen molar-refractivity contribution in [3.8, 4) is 22.1 Å². The largest absolute Gasteiger partial charge is 0.493 e. The third-order valence-electron chi connectivity index (χ3n) is 5.33. The molecule has 0 amide bonds. The van der Waals surface area contributed by atoms with Crippen molar-refractivity contribution in [3.63, 3.8) is 0 Å². The van der Waals surface area contributed by atoms with Gasteiger partial charge in [0, 0.05) is 63.9 Å². The van der Waals surface area contributed by atoms with E-state index in [4.69, 9.17) is 14.5 Å². The Morgan fingerprint density at radius 1 is 1.03 bits per heavy atom. The van der Waals surface area contributed by atoms with Crippen molar-refractivity contribution in [2.75, 3.05) is 57.7 Å². The zero-order valence-corrected chi connectivity index (χ0v) is 19.2. The Hall–Kier alpha value is -2.91. The van der Waals surface area contributed by atoms with Crippen LogP contribution in [0.5, 0.6) is 11.5 Å². The topological polar surface area (TPSA) is 75.6 Å². The number of aromatic nitrogens is 3. The lowest BCUT2D eigenvalue weighted by Crippen LogP contribution is -2.46. The lowest BCUT2D eigenvalue weighted by atomic mass is 10.2. The van der Waals surface area contributed by atoms with Crippen molar-refractivity contribution >= 4 is 23.1 Å². The first-order valence-corrected chi connectivity index (χ1v) is 11.1. The molecule has 3 heterocycles. The lowest BCUT2D eigenvalue weighted by Gasteiger charge is -2.35. The normalized spacial score (nSPS) is 14.5. The van der Waals surface area contributed by atoms with Gasteiger partial charge in [0.25, 0.3) is 0 Å². The van der Waals surface area contributed by atoms with Crippen LogP contribution in [0.1, 0.15) is 12.8 Å². The summed E-state index contributed by atoms with van der Waals surface area (Å²) in [7, 11) is 5.14. The minimum atomic E-state index is 0. The van der Waals surface area contributed by atoms with E-state index in [9.17, 15) is 0 Å². The van der Waals surface area contributed by atoms with E-state index in [0.717, 1.165) is 66.3 Å². The van der Waals surface area contributed by atoms with Crippen LogP contribution in [0.2, 0.25) is 0 Å². The maximum absolute atomic E-state index is 5.42. The van der Waals surface area contributed by atoms with Gasteiger partial charge in [-0.25, -0.2) is 9.97 Å². The van der Waals surface area contributed by atoms with Gasteiger partial charge in [-0.3, -0.25) is 4.90 Å². The zero-order chi connectivity index (χ0) is 21.8. The van der Waals surface area contributed by atoms with Gasteiger partial charge in [0.2, 0.25) is 5.95 Å². The second kappa shape index (κ2) is 9.49. The number of hydrogen-bond acceptors (Lipinski definition) is 9. The van der Waals surface area contributed by atoms with Gasteiger partial charge >= 0.3 is 0 Å². The summed E-state index contributed by atoms with van der Waals surface area (Å²) < 4.78 is 10.7. The number of anilines is 2. The number of piperazine rings is 1. The smallest absolute Gasteiger partial charge is 0.224 e. The summed E-state index contributed by atoms with van der Waals surface area (Å²) in [5.74, 6) is 3.10. The van der Waals surface area contributed by atoms with Crippen LogP contribution in [0.3, 0.4) is 0 Å². The second-order valence-corrected chi connectivity index (χ2v) is 8.28. The van der Waals surface area contributed by atoms with Gasteiger partial charge in [-0.2, -0.15) is 4.98 Å². The summed E-state index contributed by atoms with van der Waals surface area (Å²) >= 11 is 1.66. The number of benzene rings is 1. The molecular weight excluding hydrogens is 412 g/mol. The average Bonchev–Trinajstić information content (AvgIpc) is 3.27. The number of aryl methyl sites for hydroxylation is 1. The van der Waals surface area contributed by atoms with Gasteiger partial charge in [0.1, 0.15) is 10.8 Å². The Morgan fingerprint density at radius 3 is 2.52 bits per heavy atom. The van der Waals surface area contributed by atoms with E-state index in [2.05, 4.69) is 30.5 Å². The monoisotopic (exact) mass is 442 g/mol. The first-order valence-electron chi connectivity index (χ1n) is 10.3. The maximum Gasteiger partial charge on any atom is 0.224 e. The van der Waals surface area contributed by atoms with E-state index in [1.54, 1.807) is 25.6 Å². The predicted molar refractivity (Wildman–Crippen MR) is 127 cm³/mol. The summed E-state index contributed by atoms with van der Waals surface area (Å²) in [6.45, 7) is 6.67. The molecule has 1 N–H and O–H groups in total. The van der Waals surface area contributed by atoms with Crippen LogP contribution in [0.25, 0.3) is 10.6 Å². The number of nitrogens with zero attached hydrogens (tertiary/aromatic N) is 5. The highest BCUT2D eigenvalue weighted by molar-refractivity contribution is 7.13. The third-order valence-corrected chi connectivity index (χ3v) is 6.27. The van der Waals surface area contributed by atoms with E-state index in [1.165, 1.54) is 0 Å². The number of nitrogens with one attached hydrogen (secondary N) is 1. The van der Waals surface area contributed by atoms with Crippen molar-refractivity contribution < 1.29 is 10.9 Å². The van der Waals surface area contributed by atoms with Gasteiger partial charge in [-0.15, -0.1) is 11.3 Å². The standard InChI is InChI=1S/C22H28N6O2S.H2/c1-15-11-20(26-22(23-2)24-15)28-9-7-27(8-10-28)13-17-14-31-21(25-17)16-5-6-18(29-3)19(12-16)30-4;/h5-6,11-12,14H,7-10,13H2,1-4H3,(H,23,24,26);1H. The Kier molecular flexibility index (Phi) is 6.53. The van der Waals surface area contributed by atoms with Gasteiger partial charge in [0.05, 0.1) is 19.9 Å². The fourth-order valence-electron chi connectivity index (χ4n) is 3.67. The molecule has 0 bridgehead atoms. The number of thiazole rings is 1. The summed E-state index contributed by atoms with van der Waals surface area (Å²) in [6.07, 6.45) is 0. The molecule has 1 aliphatic rings. The van der Waals surface area contributed by atoms with Crippen LogP contribution in [-0.4, -0.2) is 67.3 Å². The molecule has 166 valence electrons. The van der Waals surface area contributed by atoms with Crippen LogP contribution in [0.15, 0.2) is 29.6 Å². The highest BCUT2D eigenvalue weighted by atomic mass is 32.1. The maximum atomic E-state index is 5.42. The molecule has 3 aromatic rings. The molecule has 31 heavy (non-hydrogen) atoms. The number of rotatable bonds is 7. The third kappa shape index (κ3) is 4.88. The highest BCUT2D eigenvalue weighted by Crippen LogP contribution is 2.33. The van der Waals surface area contributed by atoms with Crippen LogP contribution < -0.4 is 19.7 Å². The number of hydrogen-bond donors (Lipinski definition) is 1. The van der Waals surface area contributed by atoms with E-state index in [-0.39, 0.29) is 1.43 Å². The van der Waals surface area contributed by atoms with Crippen LogP contribution in [-0.2, 0) is 6.54 Å². The molecule has 9 heteroatoms. The molecule has 0 radical (unpaired) electrons. The van der Waals surface area contributed by atoms with E-state index in [1.807, 2.05) is 38.2 Å². The lowest BCUT2D eigenvalue weighted by molar-refractivity contribution is 0.247.